The minimum atomic E-state index is -0.0838. The number of rotatable bonds is 4. The van der Waals surface area contributed by atoms with Crippen LogP contribution in [-0.2, 0) is 0 Å². The summed E-state index contributed by atoms with van der Waals surface area (Å²) in [5, 5.41) is 0. The van der Waals surface area contributed by atoms with Gasteiger partial charge in [-0.25, -0.2) is 0 Å². The van der Waals surface area contributed by atoms with Crippen LogP contribution >= 0.6 is 0 Å². The van der Waals surface area contributed by atoms with Gasteiger partial charge in [-0.1, -0.05) is 84.9 Å². The van der Waals surface area contributed by atoms with Crippen LogP contribution in [0.4, 0.5) is 0 Å². The van der Waals surface area contributed by atoms with Crippen molar-refractivity contribution in [3.63, 3.8) is 0 Å². The van der Waals surface area contributed by atoms with Crippen molar-refractivity contribution in [1.82, 2.24) is 9.97 Å². The van der Waals surface area contributed by atoms with E-state index in [0.29, 0.717) is 0 Å². The maximum absolute atomic E-state index is 6.96. The zero-order valence-electron chi connectivity index (χ0n) is 24.2. The van der Waals surface area contributed by atoms with Gasteiger partial charge in [-0.05, 0) is 86.8 Å². The molecule has 5 heteroatoms. The summed E-state index contributed by atoms with van der Waals surface area (Å²) >= 11 is 0. The molecule has 0 amide bonds. The Hall–Kier alpha value is -5.94. The molecule has 0 aliphatic carbocycles. The molecule has 0 unspecified atom stereocenters. The number of nitrogens with zero attached hydrogens (tertiary/aromatic N) is 2. The molecule has 7 aromatic rings. The van der Waals surface area contributed by atoms with Crippen molar-refractivity contribution >= 4 is 23.1 Å². The first kappa shape index (κ1) is 25.6. The molecule has 9 rings (SSSR count). The molecular formula is C40H25BN2O2. The Bertz CT molecular complexity index is 2050. The van der Waals surface area contributed by atoms with Crippen LogP contribution in [0.15, 0.2) is 152 Å². The summed E-state index contributed by atoms with van der Waals surface area (Å²) < 4.78 is 13.9. The van der Waals surface area contributed by atoms with Crippen LogP contribution in [0, 0.1) is 0 Å². The monoisotopic (exact) mass is 576 g/mol. The van der Waals surface area contributed by atoms with E-state index >= 15 is 0 Å². The number of benzene rings is 5. The van der Waals surface area contributed by atoms with Crippen LogP contribution in [0.1, 0.15) is 0 Å². The average Bonchev–Trinajstić information content (AvgIpc) is 3.12. The summed E-state index contributed by atoms with van der Waals surface area (Å²) in [7, 11) is 0. The summed E-state index contributed by atoms with van der Waals surface area (Å²) in [4.78, 5) is 8.59. The van der Waals surface area contributed by atoms with Crippen LogP contribution in [0.3, 0.4) is 0 Å². The summed E-state index contributed by atoms with van der Waals surface area (Å²) in [5.74, 6) is 3.34. The fourth-order valence-electron chi connectivity index (χ4n) is 6.68. The number of ether oxygens (including phenoxy) is 2. The molecule has 4 heterocycles. The second-order valence-electron chi connectivity index (χ2n) is 11.4. The SMILES string of the molecule is c1ccc(-c2ccc3c(c2)Oc2c(-c4ccncc4)cc(-c4ccncc4)c4c2B3c2ccc(-c3ccccc3)cc2O4)cc1. The van der Waals surface area contributed by atoms with E-state index in [9.17, 15) is 0 Å². The Kier molecular flexibility index (Phi) is 5.88. The zero-order valence-corrected chi connectivity index (χ0v) is 24.2. The molecule has 0 bridgehead atoms. The third kappa shape index (κ3) is 4.24. The van der Waals surface area contributed by atoms with E-state index in [0.717, 1.165) is 83.9 Å². The van der Waals surface area contributed by atoms with Crippen LogP contribution in [0.25, 0.3) is 44.5 Å². The molecule has 4 nitrogen and oxygen atoms in total. The van der Waals surface area contributed by atoms with Crippen molar-refractivity contribution in [2.24, 2.45) is 0 Å². The maximum atomic E-state index is 6.96. The average molecular weight is 576 g/mol. The van der Waals surface area contributed by atoms with Crippen LogP contribution < -0.4 is 25.9 Å². The van der Waals surface area contributed by atoms with Crippen LogP contribution in [-0.4, -0.2) is 16.7 Å². The van der Waals surface area contributed by atoms with Gasteiger partial charge in [0, 0.05) is 41.4 Å². The highest BCUT2D eigenvalue weighted by Gasteiger charge is 2.42. The minimum Gasteiger partial charge on any atom is -0.458 e. The predicted octanol–water partition coefficient (Wildman–Crippen LogP) is 7.87. The van der Waals surface area contributed by atoms with Crippen molar-refractivity contribution in [1.29, 1.82) is 0 Å². The van der Waals surface area contributed by atoms with Gasteiger partial charge >= 0.3 is 0 Å². The van der Waals surface area contributed by atoms with Gasteiger partial charge in [0.2, 0.25) is 0 Å². The van der Waals surface area contributed by atoms with Crippen LogP contribution in [0.5, 0.6) is 23.0 Å². The Balaban J connectivity index is 1.33. The van der Waals surface area contributed by atoms with E-state index in [4.69, 9.17) is 9.47 Å². The molecule has 2 aliphatic heterocycles. The number of hydrogen-bond acceptors (Lipinski definition) is 4. The maximum Gasteiger partial charge on any atom is 0.260 e. The number of fused-ring (bicyclic) bond motifs is 4. The Morgan fingerprint density at radius 3 is 1.29 bits per heavy atom. The lowest BCUT2D eigenvalue weighted by Crippen LogP contribution is -2.57. The Labute approximate surface area is 261 Å². The van der Waals surface area contributed by atoms with E-state index in [2.05, 4.69) is 101 Å². The van der Waals surface area contributed by atoms with Gasteiger partial charge < -0.3 is 9.47 Å². The molecule has 210 valence electrons. The van der Waals surface area contributed by atoms with E-state index in [-0.39, 0.29) is 6.71 Å². The number of pyridine rings is 2. The third-order valence-electron chi connectivity index (χ3n) is 8.83. The van der Waals surface area contributed by atoms with Crippen molar-refractivity contribution in [2.75, 3.05) is 0 Å². The van der Waals surface area contributed by atoms with Crippen molar-refractivity contribution < 1.29 is 9.47 Å². The zero-order chi connectivity index (χ0) is 29.7. The smallest absolute Gasteiger partial charge is 0.260 e. The largest absolute Gasteiger partial charge is 0.458 e. The Morgan fingerprint density at radius 1 is 0.400 bits per heavy atom. The molecule has 45 heavy (non-hydrogen) atoms. The normalized spacial score (nSPS) is 12.3. The van der Waals surface area contributed by atoms with Gasteiger partial charge in [-0.2, -0.15) is 0 Å². The summed E-state index contributed by atoms with van der Waals surface area (Å²) in [6, 6.07) is 44.4. The molecule has 0 fully saturated rings. The van der Waals surface area contributed by atoms with Gasteiger partial charge in [0.25, 0.3) is 6.71 Å². The summed E-state index contributed by atoms with van der Waals surface area (Å²) in [6.45, 7) is -0.0838. The lowest BCUT2D eigenvalue weighted by atomic mass is 9.34. The van der Waals surface area contributed by atoms with Crippen molar-refractivity contribution in [3.05, 3.63) is 152 Å². The molecule has 0 N–H and O–H groups in total. The van der Waals surface area contributed by atoms with Gasteiger partial charge in [-0.3, -0.25) is 9.97 Å². The van der Waals surface area contributed by atoms with Crippen LogP contribution in [0.2, 0.25) is 0 Å². The highest BCUT2D eigenvalue weighted by Crippen LogP contribution is 2.46. The Morgan fingerprint density at radius 2 is 0.844 bits per heavy atom. The molecule has 0 atom stereocenters. The van der Waals surface area contributed by atoms with Gasteiger partial charge in [0.15, 0.2) is 0 Å². The minimum absolute atomic E-state index is 0.0838. The highest BCUT2D eigenvalue weighted by atomic mass is 16.5. The second kappa shape index (κ2) is 10.4. The van der Waals surface area contributed by atoms with Gasteiger partial charge in [0.05, 0.1) is 0 Å². The lowest BCUT2D eigenvalue weighted by molar-refractivity contribution is 0.467. The van der Waals surface area contributed by atoms with Gasteiger partial charge in [0.1, 0.15) is 23.0 Å². The molecule has 0 saturated heterocycles. The van der Waals surface area contributed by atoms with E-state index in [1.165, 1.54) is 0 Å². The first-order chi connectivity index (χ1) is 22.3. The lowest BCUT2D eigenvalue weighted by Gasteiger charge is -2.35. The molecular weight excluding hydrogens is 551 g/mol. The molecule has 2 aromatic heterocycles. The molecule has 2 aliphatic rings. The first-order valence-electron chi connectivity index (χ1n) is 15.1. The summed E-state index contributed by atoms with van der Waals surface area (Å²) in [6.07, 6.45) is 7.30. The molecule has 0 radical (unpaired) electrons. The fraction of sp³-hybridized carbons (Fsp3) is 0. The number of aromatic nitrogens is 2. The highest BCUT2D eigenvalue weighted by molar-refractivity contribution is 6.98. The second-order valence-corrected chi connectivity index (χ2v) is 11.4. The predicted molar refractivity (Wildman–Crippen MR) is 181 cm³/mol. The third-order valence-corrected chi connectivity index (χ3v) is 8.83. The quantitative estimate of drug-likeness (QED) is 0.200. The fourth-order valence-corrected chi connectivity index (χ4v) is 6.68. The number of hydrogen-bond donors (Lipinski definition) is 0. The van der Waals surface area contributed by atoms with Crippen molar-refractivity contribution in [2.45, 2.75) is 0 Å². The molecule has 5 aromatic carbocycles. The van der Waals surface area contributed by atoms with Crippen molar-refractivity contribution in [3.8, 4) is 67.5 Å². The van der Waals surface area contributed by atoms with E-state index in [1.54, 1.807) is 0 Å². The topological polar surface area (TPSA) is 44.2 Å². The first-order valence-corrected chi connectivity index (χ1v) is 15.1. The summed E-state index contributed by atoms with van der Waals surface area (Å²) in [5.41, 5.74) is 11.9. The standard InChI is InChI=1S/C40H25BN2O2/c1-3-7-26(8-4-1)30-11-13-34-36(23-30)44-39-32(28-15-19-42-20-16-28)25-33(29-17-21-43-22-18-29)40-38(39)41(34)35-14-12-31(24-37(35)45-40)27-9-5-2-6-10-27/h1-25H. The van der Waals surface area contributed by atoms with Gasteiger partial charge in [-0.15, -0.1) is 0 Å². The van der Waals surface area contributed by atoms with E-state index in [1.807, 2.05) is 61.2 Å². The molecule has 0 spiro atoms. The molecule has 0 saturated carbocycles. The van der Waals surface area contributed by atoms with E-state index < -0.39 is 0 Å².